The molecular formula is C29H29F6N7O8. The zero-order valence-corrected chi connectivity index (χ0v) is 26.9. The summed E-state index contributed by atoms with van der Waals surface area (Å²) < 4.78 is 81.5. The summed E-state index contributed by atoms with van der Waals surface area (Å²) >= 11 is 0. The fraction of sp³-hybridized carbons (Fsp3) is 0.448. The molecule has 1 N–H and O–H groups in total. The SMILES string of the molecule is CC(CNCCN1C(=O)N(c2ccc([N+](=O)[O-])c(C(F)(F)F)c2)C(=O)C1(C)C)N1C(=O)N(c2ccc([N+](=O)[O-])c(C(F)(F)F)c2)C(=O)C1(C)C. The number of nitro groups is 2. The summed E-state index contributed by atoms with van der Waals surface area (Å²) in [5, 5.41) is 25.2. The molecule has 2 fully saturated rings. The lowest BCUT2D eigenvalue weighted by atomic mass is 10.0. The molecule has 6 amide bonds. The van der Waals surface area contributed by atoms with Gasteiger partial charge in [0.25, 0.3) is 23.2 Å². The van der Waals surface area contributed by atoms with Crippen molar-refractivity contribution in [2.45, 2.75) is 64.1 Å². The number of carbonyl (C=O) groups is 4. The zero-order chi connectivity index (χ0) is 37.9. The third-order valence-corrected chi connectivity index (χ3v) is 8.42. The van der Waals surface area contributed by atoms with Crippen molar-refractivity contribution >= 4 is 46.6 Å². The lowest BCUT2D eigenvalue weighted by Crippen LogP contribution is -2.53. The number of benzene rings is 2. The second kappa shape index (κ2) is 12.5. The van der Waals surface area contributed by atoms with Gasteiger partial charge in [-0.05, 0) is 58.9 Å². The van der Waals surface area contributed by atoms with Crippen molar-refractivity contribution in [3.8, 4) is 0 Å². The van der Waals surface area contributed by atoms with Crippen LogP contribution in [0.4, 0.5) is 58.7 Å². The van der Waals surface area contributed by atoms with Gasteiger partial charge in [-0.25, -0.2) is 19.4 Å². The first kappa shape index (κ1) is 37.5. The largest absolute Gasteiger partial charge is 0.423 e. The molecule has 2 aromatic carbocycles. The summed E-state index contributed by atoms with van der Waals surface area (Å²) in [6, 6.07) is 0.653. The van der Waals surface area contributed by atoms with E-state index in [-0.39, 0.29) is 19.6 Å². The second-order valence-electron chi connectivity index (χ2n) is 12.5. The number of anilines is 2. The number of hydrogen-bond acceptors (Lipinski definition) is 9. The Kier molecular flexibility index (Phi) is 9.39. The Morgan fingerprint density at radius 1 is 0.740 bits per heavy atom. The number of amides is 6. The maximum absolute atomic E-state index is 13.6. The standard InChI is InChI=1S/C29H29F6N7O8/c1-15(40-25(46)39(23(44)27(40,4)5)17-7-9-21(42(49)50)19(13-17)29(33,34)35)14-36-10-11-37-24(45)38(22(43)26(37,2)3)16-6-8-20(41(47)48)18(12-16)28(30,31)32/h6-9,12-13,15,36H,10-11,14H2,1-5H3. The lowest BCUT2D eigenvalue weighted by molar-refractivity contribution is -0.388. The molecule has 0 aromatic heterocycles. The van der Waals surface area contributed by atoms with Gasteiger partial charge in [0.1, 0.15) is 22.2 Å². The van der Waals surface area contributed by atoms with E-state index in [0.717, 1.165) is 21.9 Å². The van der Waals surface area contributed by atoms with E-state index < -0.39 is 97.1 Å². The number of nitrogens with one attached hydrogen (secondary N) is 1. The van der Waals surface area contributed by atoms with Crippen LogP contribution in [0.1, 0.15) is 45.7 Å². The van der Waals surface area contributed by atoms with Gasteiger partial charge in [0.2, 0.25) is 0 Å². The van der Waals surface area contributed by atoms with Gasteiger partial charge in [0, 0.05) is 37.8 Å². The van der Waals surface area contributed by atoms with Crippen molar-refractivity contribution in [2.75, 3.05) is 29.4 Å². The van der Waals surface area contributed by atoms with Crippen LogP contribution in [0.3, 0.4) is 0 Å². The van der Waals surface area contributed by atoms with Crippen molar-refractivity contribution in [1.82, 2.24) is 15.1 Å². The number of carbonyl (C=O) groups excluding carboxylic acids is 4. The minimum Gasteiger partial charge on any atom is -0.313 e. The Labute approximate surface area is 278 Å². The van der Waals surface area contributed by atoms with Crippen molar-refractivity contribution < 1.29 is 55.4 Å². The number of alkyl halides is 6. The number of nitro benzene ring substituents is 2. The summed E-state index contributed by atoms with van der Waals surface area (Å²) in [7, 11) is 0. The lowest BCUT2D eigenvalue weighted by Gasteiger charge is -2.34. The van der Waals surface area contributed by atoms with Gasteiger partial charge in [0.05, 0.1) is 21.2 Å². The minimum atomic E-state index is -5.17. The van der Waals surface area contributed by atoms with E-state index >= 15 is 0 Å². The highest BCUT2D eigenvalue weighted by molar-refractivity contribution is 6.24. The summed E-state index contributed by atoms with van der Waals surface area (Å²) in [5.74, 6) is -1.81. The molecule has 2 aliphatic rings. The number of rotatable bonds is 10. The molecule has 0 spiro atoms. The monoisotopic (exact) mass is 717 g/mol. The summed E-state index contributed by atoms with van der Waals surface area (Å²) in [6.07, 6.45) is -10.3. The maximum Gasteiger partial charge on any atom is 0.423 e. The molecule has 0 aliphatic carbocycles. The highest BCUT2D eigenvalue weighted by atomic mass is 19.4. The fourth-order valence-corrected chi connectivity index (χ4v) is 5.91. The van der Waals surface area contributed by atoms with Crippen LogP contribution in [0, 0.1) is 20.2 Å². The van der Waals surface area contributed by atoms with E-state index in [0.29, 0.717) is 34.1 Å². The number of halogens is 6. The summed E-state index contributed by atoms with van der Waals surface area (Å²) in [4.78, 5) is 76.2. The van der Waals surface area contributed by atoms with Crippen molar-refractivity contribution in [1.29, 1.82) is 0 Å². The van der Waals surface area contributed by atoms with Crippen molar-refractivity contribution in [3.63, 3.8) is 0 Å². The van der Waals surface area contributed by atoms with E-state index in [2.05, 4.69) is 5.32 Å². The van der Waals surface area contributed by atoms with Crippen molar-refractivity contribution in [2.24, 2.45) is 0 Å². The fourth-order valence-electron chi connectivity index (χ4n) is 5.91. The van der Waals surface area contributed by atoms with Gasteiger partial charge < -0.3 is 15.1 Å². The topological polar surface area (TPSA) is 180 Å². The quantitative estimate of drug-likeness (QED) is 0.112. The average molecular weight is 718 g/mol. The number of nitrogens with zero attached hydrogens (tertiary/aromatic N) is 6. The van der Waals surface area contributed by atoms with E-state index in [1.54, 1.807) is 0 Å². The van der Waals surface area contributed by atoms with Gasteiger partial charge in [0.15, 0.2) is 0 Å². The summed E-state index contributed by atoms with van der Waals surface area (Å²) in [5.41, 5.74) is -10.1. The van der Waals surface area contributed by atoms with E-state index in [4.69, 9.17) is 0 Å². The normalized spacial score (nSPS) is 18.4. The molecule has 2 saturated heterocycles. The third-order valence-electron chi connectivity index (χ3n) is 8.42. The van der Waals surface area contributed by atoms with E-state index in [9.17, 15) is 65.7 Å². The first-order valence-corrected chi connectivity index (χ1v) is 14.6. The van der Waals surface area contributed by atoms with Gasteiger partial charge in [-0.3, -0.25) is 29.8 Å². The molecule has 2 aliphatic heterocycles. The smallest absolute Gasteiger partial charge is 0.313 e. The first-order chi connectivity index (χ1) is 22.8. The molecule has 50 heavy (non-hydrogen) atoms. The Bertz CT molecular complexity index is 1800. The predicted octanol–water partition coefficient (Wildman–Crippen LogP) is 5.31. The molecule has 15 nitrogen and oxygen atoms in total. The Hall–Kier alpha value is -5.34. The van der Waals surface area contributed by atoms with Crippen LogP contribution in [0.15, 0.2) is 36.4 Å². The molecule has 1 unspecified atom stereocenters. The average Bonchev–Trinajstić information content (AvgIpc) is 3.28. The Morgan fingerprint density at radius 2 is 1.16 bits per heavy atom. The summed E-state index contributed by atoms with van der Waals surface area (Å²) in [6.45, 7) is 6.63. The number of urea groups is 2. The van der Waals surface area contributed by atoms with Crippen LogP contribution in [-0.2, 0) is 21.9 Å². The van der Waals surface area contributed by atoms with Crippen LogP contribution in [0.2, 0.25) is 0 Å². The van der Waals surface area contributed by atoms with Crippen LogP contribution in [0.5, 0.6) is 0 Å². The molecule has 0 bridgehead atoms. The van der Waals surface area contributed by atoms with Crippen LogP contribution in [-0.4, -0.2) is 80.3 Å². The predicted molar refractivity (Wildman–Crippen MR) is 161 cm³/mol. The first-order valence-electron chi connectivity index (χ1n) is 14.6. The molecule has 1 atom stereocenters. The highest BCUT2D eigenvalue weighted by Crippen LogP contribution is 2.42. The minimum absolute atomic E-state index is 0.0495. The molecule has 21 heteroatoms. The van der Waals surface area contributed by atoms with Crippen molar-refractivity contribution in [3.05, 3.63) is 67.8 Å². The van der Waals surface area contributed by atoms with Gasteiger partial charge in [-0.1, -0.05) is 0 Å². The highest BCUT2D eigenvalue weighted by Gasteiger charge is 2.55. The van der Waals surface area contributed by atoms with E-state index in [1.165, 1.54) is 34.6 Å². The Morgan fingerprint density at radius 3 is 1.58 bits per heavy atom. The molecule has 0 saturated carbocycles. The molecule has 270 valence electrons. The molecular weight excluding hydrogens is 688 g/mol. The van der Waals surface area contributed by atoms with Crippen LogP contribution in [0.25, 0.3) is 0 Å². The zero-order valence-electron chi connectivity index (χ0n) is 26.9. The molecule has 4 rings (SSSR count). The maximum atomic E-state index is 13.6. The van der Waals surface area contributed by atoms with Crippen LogP contribution < -0.4 is 15.1 Å². The second-order valence-corrected chi connectivity index (χ2v) is 12.5. The van der Waals surface area contributed by atoms with E-state index in [1.807, 2.05) is 0 Å². The Balaban J connectivity index is 1.48. The third kappa shape index (κ3) is 6.39. The molecule has 0 radical (unpaired) electrons. The number of hydrogen-bond donors (Lipinski definition) is 1. The van der Waals surface area contributed by atoms with Gasteiger partial charge in [-0.2, -0.15) is 26.3 Å². The molecule has 2 heterocycles. The van der Waals surface area contributed by atoms with Crippen LogP contribution >= 0.6 is 0 Å². The number of imide groups is 2. The molecule has 2 aromatic rings. The van der Waals surface area contributed by atoms with Gasteiger partial charge in [-0.15, -0.1) is 0 Å². The van der Waals surface area contributed by atoms with Gasteiger partial charge >= 0.3 is 24.4 Å².